The maximum Gasteiger partial charge on any atom is 0.228 e. The van der Waals surface area contributed by atoms with E-state index in [1.165, 1.54) is 6.92 Å². The summed E-state index contributed by atoms with van der Waals surface area (Å²) in [6, 6.07) is 13.0. The van der Waals surface area contributed by atoms with E-state index in [2.05, 4.69) is 26.6 Å². The Morgan fingerprint density at radius 2 is 1.83 bits per heavy atom. The van der Waals surface area contributed by atoms with Gasteiger partial charge in [-0.25, -0.2) is 0 Å². The molecular formula is C18H16BrClN2O2. The van der Waals surface area contributed by atoms with Gasteiger partial charge in [0.05, 0.1) is 10.7 Å². The summed E-state index contributed by atoms with van der Waals surface area (Å²) in [6.07, 6.45) is 0.830. The minimum Gasteiger partial charge on any atom is -0.326 e. The van der Waals surface area contributed by atoms with Crippen LogP contribution in [0.2, 0.25) is 5.02 Å². The first kappa shape index (κ1) is 17.0. The Kier molecular flexibility index (Phi) is 4.92. The van der Waals surface area contributed by atoms with Crippen molar-refractivity contribution in [2.24, 2.45) is 5.92 Å². The smallest absolute Gasteiger partial charge is 0.228 e. The molecule has 0 bridgehead atoms. The van der Waals surface area contributed by atoms with Crippen LogP contribution in [-0.2, 0) is 9.59 Å². The quantitative estimate of drug-likeness (QED) is 0.764. The predicted molar refractivity (Wildman–Crippen MR) is 99.4 cm³/mol. The number of rotatable bonds is 4. The van der Waals surface area contributed by atoms with Crippen molar-refractivity contribution >= 4 is 50.7 Å². The van der Waals surface area contributed by atoms with Crippen LogP contribution in [0.1, 0.15) is 24.8 Å². The molecule has 0 saturated heterocycles. The van der Waals surface area contributed by atoms with Crippen LogP contribution in [0.15, 0.2) is 46.9 Å². The molecule has 2 atom stereocenters. The molecule has 0 aromatic heterocycles. The van der Waals surface area contributed by atoms with E-state index in [0.29, 0.717) is 16.4 Å². The number of benzene rings is 2. The van der Waals surface area contributed by atoms with Gasteiger partial charge in [-0.1, -0.05) is 39.7 Å². The molecule has 4 nitrogen and oxygen atoms in total. The fourth-order valence-electron chi connectivity index (χ4n) is 2.69. The first-order valence-electron chi connectivity index (χ1n) is 7.57. The molecule has 1 saturated carbocycles. The van der Waals surface area contributed by atoms with Crippen molar-refractivity contribution in [1.29, 1.82) is 0 Å². The molecular weight excluding hydrogens is 392 g/mol. The number of anilines is 2. The van der Waals surface area contributed by atoms with E-state index in [-0.39, 0.29) is 23.7 Å². The van der Waals surface area contributed by atoms with Gasteiger partial charge in [0.15, 0.2) is 0 Å². The summed E-state index contributed by atoms with van der Waals surface area (Å²) in [7, 11) is 0. The summed E-state index contributed by atoms with van der Waals surface area (Å²) in [6.45, 7) is 1.43. The highest BCUT2D eigenvalue weighted by atomic mass is 79.9. The van der Waals surface area contributed by atoms with Crippen molar-refractivity contribution in [2.75, 3.05) is 10.6 Å². The highest BCUT2D eigenvalue weighted by Gasteiger charge is 2.44. The molecule has 1 fully saturated rings. The van der Waals surface area contributed by atoms with Crippen molar-refractivity contribution in [2.45, 2.75) is 19.3 Å². The van der Waals surface area contributed by atoms with Crippen LogP contribution in [0.5, 0.6) is 0 Å². The number of nitrogens with one attached hydrogen (secondary N) is 2. The molecule has 1 aliphatic rings. The second kappa shape index (κ2) is 6.95. The second-order valence-corrected chi connectivity index (χ2v) is 7.19. The molecule has 1 aliphatic carbocycles. The zero-order chi connectivity index (χ0) is 17.3. The van der Waals surface area contributed by atoms with Gasteiger partial charge in [0.2, 0.25) is 11.8 Å². The lowest BCUT2D eigenvalue weighted by molar-refractivity contribution is -0.117. The predicted octanol–water partition coefficient (Wildman–Crippen LogP) is 4.80. The minimum absolute atomic E-state index is 0.0494. The van der Waals surface area contributed by atoms with Crippen molar-refractivity contribution < 1.29 is 9.59 Å². The van der Waals surface area contributed by atoms with Crippen molar-refractivity contribution in [3.8, 4) is 0 Å². The first-order valence-corrected chi connectivity index (χ1v) is 8.74. The van der Waals surface area contributed by atoms with E-state index in [1.54, 1.807) is 18.2 Å². The standard InChI is InChI=1S/C18H16BrClN2O2/c1-10(23)21-13-6-7-16(20)17(8-13)22-18(24)15-9-14(15)11-2-4-12(19)5-3-11/h2-8,14-15H,9H2,1H3,(H,21,23)(H,22,24). The summed E-state index contributed by atoms with van der Waals surface area (Å²) < 4.78 is 1.02. The van der Waals surface area contributed by atoms with E-state index in [0.717, 1.165) is 16.5 Å². The van der Waals surface area contributed by atoms with E-state index < -0.39 is 0 Å². The largest absolute Gasteiger partial charge is 0.326 e. The normalized spacial score (nSPS) is 18.8. The highest BCUT2D eigenvalue weighted by Crippen LogP contribution is 2.48. The maximum absolute atomic E-state index is 12.4. The monoisotopic (exact) mass is 406 g/mol. The fraction of sp³-hybridized carbons (Fsp3) is 0.222. The topological polar surface area (TPSA) is 58.2 Å². The van der Waals surface area contributed by atoms with Gasteiger partial charge in [0, 0.05) is 23.0 Å². The van der Waals surface area contributed by atoms with Crippen molar-refractivity contribution in [3.63, 3.8) is 0 Å². The molecule has 0 heterocycles. The molecule has 0 radical (unpaired) electrons. The summed E-state index contributed by atoms with van der Waals surface area (Å²) in [5, 5.41) is 5.99. The molecule has 2 amide bonds. The Balaban J connectivity index is 1.67. The number of carbonyl (C=O) groups is 2. The third kappa shape index (κ3) is 3.97. The van der Waals surface area contributed by atoms with Gasteiger partial charge in [-0.3, -0.25) is 9.59 Å². The number of hydrogen-bond acceptors (Lipinski definition) is 2. The van der Waals surface area contributed by atoms with Crippen LogP contribution in [0.3, 0.4) is 0 Å². The number of carbonyl (C=O) groups excluding carboxylic acids is 2. The Hall–Kier alpha value is -1.85. The van der Waals surface area contributed by atoms with Gasteiger partial charge in [0.1, 0.15) is 0 Å². The molecule has 124 valence electrons. The third-order valence-corrected chi connectivity index (χ3v) is 4.83. The van der Waals surface area contributed by atoms with Crippen LogP contribution in [0.25, 0.3) is 0 Å². The summed E-state index contributed by atoms with van der Waals surface area (Å²) in [4.78, 5) is 23.6. The van der Waals surface area contributed by atoms with Gasteiger partial charge in [-0.05, 0) is 48.2 Å². The molecule has 0 spiro atoms. The molecule has 0 aliphatic heterocycles. The number of amides is 2. The van der Waals surface area contributed by atoms with Crippen LogP contribution >= 0.6 is 27.5 Å². The Morgan fingerprint density at radius 1 is 1.12 bits per heavy atom. The average Bonchev–Trinajstić information content (AvgIpc) is 3.31. The first-order chi connectivity index (χ1) is 11.4. The van der Waals surface area contributed by atoms with E-state index in [9.17, 15) is 9.59 Å². The lowest BCUT2D eigenvalue weighted by Crippen LogP contribution is -2.15. The Bertz CT molecular complexity index is 792. The van der Waals surface area contributed by atoms with Crippen LogP contribution in [-0.4, -0.2) is 11.8 Å². The molecule has 2 aromatic carbocycles. The fourth-order valence-corrected chi connectivity index (χ4v) is 3.12. The van der Waals surface area contributed by atoms with E-state index in [4.69, 9.17) is 11.6 Å². The van der Waals surface area contributed by atoms with Gasteiger partial charge in [-0.2, -0.15) is 0 Å². The van der Waals surface area contributed by atoms with Gasteiger partial charge in [-0.15, -0.1) is 0 Å². The molecule has 24 heavy (non-hydrogen) atoms. The SMILES string of the molecule is CC(=O)Nc1ccc(Cl)c(NC(=O)C2CC2c2ccc(Br)cc2)c1. The zero-order valence-corrected chi connectivity index (χ0v) is 15.3. The minimum atomic E-state index is -0.174. The molecule has 2 N–H and O–H groups in total. The summed E-state index contributed by atoms with van der Waals surface area (Å²) >= 11 is 9.55. The van der Waals surface area contributed by atoms with Crippen molar-refractivity contribution in [1.82, 2.24) is 0 Å². The highest BCUT2D eigenvalue weighted by molar-refractivity contribution is 9.10. The molecule has 2 unspecified atom stereocenters. The molecule has 2 aromatic rings. The van der Waals surface area contributed by atoms with Gasteiger partial charge in [0.25, 0.3) is 0 Å². The molecule has 6 heteroatoms. The summed E-state index contributed by atoms with van der Waals surface area (Å²) in [5.74, 6) is -0.0287. The van der Waals surface area contributed by atoms with Gasteiger partial charge >= 0.3 is 0 Å². The number of hydrogen-bond donors (Lipinski definition) is 2. The van der Waals surface area contributed by atoms with E-state index in [1.807, 2.05) is 24.3 Å². The van der Waals surface area contributed by atoms with Gasteiger partial charge < -0.3 is 10.6 Å². The third-order valence-electron chi connectivity index (χ3n) is 3.97. The van der Waals surface area contributed by atoms with E-state index >= 15 is 0 Å². The Labute approximate surface area is 153 Å². The lowest BCUT2D eigenvalue weighted by Gasteiger charge is -2.10. The van der Waals surface area contributed by atoms with Crippen LogP contribution in [0, 0.1) is 5.92 Å². The number of halogens is 2. The lowest BCUT2D eigenvalue weighted by atomic mass is 10.1. The van der Waals surface area contributed by atoms with Crippen LogP contribution < -0.4 is 10.6 Å². The molecule has 3 rings (SSSR count). The second-order valence-electron chi connectivity index (χ2n) is 5.87. The maximum atomic E-state index is 12.4. The zero-order valence-electron chi connectivity index (χ0n) is 13.0. The Morgan fingerprint density at radius 3 is 2.50 bits per heavy atom. The average molecular weight is 408 g/mol. The van der Waals surface area contributed by atoms with Crippen LogP contribution in [0.4, 0.5) is 11.4 Å². The summed E-state index contributed by atoms with van der Waals surface area (Å²) in [5.41, 5.74) is 2.27. The van der Waals surface area contributed by atoms with Crippen molar-refractivity contribution in [3.05, 3.63) is 57.5 Å².